The second-order valence-corrected chi connectivity index (χ2v) is 11.1. The standard InChI is InChI=1S/C34H32N6O6/c1-21-25(9-3-11-27(21)37-31(41)45-33(43)39-17-13-29-23(19-39)7-5-15-35-29)26-10-4-12-28(22(26)2)38-32(42)46-34(44)40-18-14-30-24(20-40)8-6-16-36-30/h3-12,15-16H,13-14,17-20H2,1-2H3,(H,37,41)(H,38,42). The van der Waals surface area contributed by atoms with Crippen LogP contribution in [-0.2, 0) is 35.4 Å². The number of hydrogen-bond donors (Lipinski definition) is 2. The Bertz CT molecular complexity index is 1710. The highest BCUT2D eigenvalue weighted by atomic mass is 16.6. The molecule has 0 radical (unpaired) electrons. The summed E-state index contributed by atoms with van der Waals surface area (Å²) < 4.78 is 10.2. The third kappa shape index (κ3) is 6.50. The van der Waals surface area contributed by atoms with Gasteiger partial charge >= 0.3 is 24.4 Å². The molecule has 0 atom stereocenters. The average Bonchev–Trinajstić information content (AvgIpc) is 3.06. The first-order chi connectivity index (χ1) is 22.3. The van der Waals surface area contributed by atoms with Gasteiger partial charge in [0, 0.05) is 61.1 Å². The van der Waals surface area contributed by atoms with E-state index in [1.165, 1.54) is 9.80 Å². The molecule has 0 unspecified atom stereocenters. The number of ether oxygens (including phenoxy) is 2. The molecular formula is C34H32N6O6. The number of amides is 4. The van der Waals surface area contributed by atoms with Crippen molar-refractivity contribution in [3.63, 3.8) is 0 Å². The van der Waals surface area contributed by atoms with Crippen molar-refractivity contribution in [1.29, 1.82) is 0 Å². The maximum atomic E-state index is 12.7. The van der Waals surface area contributed by atoms with Crippen LogP contribution in [0.5, 0.6) is 0 Å². The Hall–Kier alpha value is -5.78. The summed E-state index contributed by atoms with van der Waals surface area (Å²) in [5, 5.41) is 5.36. The van der Waals surface area contributed by atoms with Gasteiger partial charge in [0.1, 0.15) is 0 Å². The van der Waals surface area contributed by atoms with Crippen LogP contribution in [0.4, 0.5) is 30.6 Å². The van der Waals surface area contributed by atoms with Crippen LogP contribution < -0.4 is 10.6 Å². The van der Waals surface area contributed by atoms with Crippen LogP contribution in [-0.4, -0.2) is 57.2 Å². The first-order valence-electron chi connectivity index (χ1n) is 14.9. The summed E-state index contributed by atoms with van der Waals surface area (Å²) in [6, 6.07) is 18.2. The van der Waals surface area contributed by atoms with Gasteiger partial charge in [-0.15, -0.1) is 0 Å². The lowest BCUT2D eigenvalue weighted by molar-refractivity contribution is 0.118. The second-order valence-electron chi connectivity index (χ2n) is 11.1. The Morgan fingerprint density at radius 2 is 1.07 bits per heavy atom. The van der Waals surface area contributed by atoms with E-state index in [-0.39, 0.29) is 0 Å². The molecular weight excluding hydrogens is 588 g/mol. The van der Waals surface area contributed by atoms with Crippen molar-refractivity contribution < 1.29 is 28.7 Å². The normalized spacial score (nSPS) is 13.6. The molecule has 4 heterocycles. The van der Waals surface area contributed by atoms with Crippen LogP contribution in [0.3, 0.4) is 0 Å². The van der Waals surface area contributed by atoms with Gasteiger partial charge in [0.2, 0.25) is 0 Å². The highest BCUT2D eigenvalue weighted by molar-refractivity contribution is 5.96. The predicted molar refractivity (Wildman–Crippen MR) is 169 cm³/mol. The number of nitrogens with zero attached hydrogens (tertiary/aromatic N) is 4. The first-order valence-corrected chi connectivity index (χ1v) is 14.9. The molecule has 0 fully saturated rings. The molecule has 2 aliphatic rings. The molecule has 2 aromatic carbocycles. The summed E-state index contributed by atoms with van der Waals surface area (Å²) in [5.41, 5.74) is 7.67. The quantitative estimate of drug-likeness (QED) is 0.257. The highest BCUT2D eigenvalue weighted by Crippen LogP contribution is 2.34. The Labute approximate surface area is 265 Å². The molecule has 234 valence electrons. The fourth-order valence-corrected chi connectivity index (χ4v) is 5.73. The Morgan fingerprint density at radius 3 is 1.50 bits per heavy atom. The Morgan fingerprint density at radius 1 is 0.630 bits per heavy atom. The molecule has 2 N–H and O–H groups in total. The largest absolute Gasteiger partial charge is 0.420 e. The lowest BCUT2D eigenvalue weighted by atomic mass is 9.94. The third-order valence-electron chi connectivity index (χ3n) is 8.24. The topological polar surface area (TPSA) is 143 Å². The molecule has 12 heteroatoms. The number of rotatable bonds is 3. The van der Waals surface area contributed by atoms with Gasteiger partial charge in [-0.1, -0.05) is 36.4 Å². The zero-order valence-corrected chi connectivity index (χ0v) is 25.4. The van der Waals surface area contributed by atoms with Gasteiger partial charge in [-0.05, 0) is 71.5 Å². The SMILES string of the molecule is Cc1c(NC(=O)OC(=O)N2CCc3ncccc3C2)cccc1-c1cccc(NC(=O)OC(=O)N2CCc3ncccc3C2)c1C. The van der Waals surface area contributed by atoms with Crippen molar-refractivity contribution in [3.05, 3.63) is 107 Å². The summed E-state index contributed by atoms with van der Waals surface area (Å²) in [7, 11) is 0. The van der Waals surface area contributed by atoms with Crippen LogP contribution in [0.25, 0.3) is 11.1 Å². The fourth-order valence-electron chi connectivity index (χ4n) is 5.73. The zero-order chi connectivity index (χ0) is 32.2. The van der Waals surface area contributed by atoms with E-state index < -0.39 is 24.4 Å². The molecule has 0 bridgehead atoms. The van der Waals surface area contributed by atoms with Crippen LogP contribution >= 0.6 is 0 Å². The highest BCUT2D eigenvalue weighted by Gasteiger charge is 2.26. The van der Waals surface area contributed by atoms with E-state index in [4.69, 9.17) is 9.47 Å². The van der Waals surface area contributed by atoms with E-state index in [0.717, 1.165) is 44.8 Å². The van der Waals surface area contributed by atoms with E-state index in [1.807, 2.05) is 50.2 Å². The number of carbonyl (C=O) groups is 4. The number of anilines is 2. The average molecular weight is 621 g/mol. The van der Waals surface area contributed by atoms with Crippen molar-refractivity contribution in [2.45, 2.75) is 39.8 Å². The van der Waals surface area contributed by atoms with Crippen LogP contribution in [0.2, 0.25) is 0 Å². The Balaban J connectivity index is 1.09. The lowest BCUT2D eigenvalue weighted by Crippen LogP contribution is -2.38. The van der Waals surface area contributed by atoms with Gasteiger partial charge < -0.3 is 19.3 Å². The van der Waals surface area contributed by atoms with Crippen LogP contribution in [0, 0.1) is 13.8 Å². The van der Waals surface area contributed by atoms with Crippen molar-refractivity contribution in [2.24, 2.45) is 0 Å². The number of fused-ring (bicyclic) bond motifs is 2. The number of pyridine rings is 2. The summed E-state index contributed by atoms with van der Waals surface area (Å²) in [6.07, 6.45) is 1.35. The molecule has 4 amide bonds. The molecule has 0 aliphatic carbocycles. The van der Waals surface area contributed by atoms with E-state index >= 15 is 0 Å². The minimum atomic E-state index is -0.893. The van der Waals surface area contributed by atoms with Crippen LogP contribution in [0.1, 0.15) is 33.6 Å². The van der Waals surface area contributed by atoms with Gasteiger partial charge in [0.05, 0.1) is 13.1 Å². The molecule has 12 nitrogen and oxygen atoms in total. The van der Waals surface area contributed by atoms with Crippen molar-refractivity contribution in [1.82, 2.24) is 19.8 Å². The first kappa shape index (κ1) is 30.3. The number of aromatic nitrogens is 2. The number of benzene rings is 2. The number of hydrogen-bond acceptors (Lipinski definition) is 8. The van der Waals surface area contributed by atoms with Gasteiger partial charge in [-0.25, -0.2) is 19.2 Å². The summed E-state index contributed by atoms with van der Waals surface area (Å²) in [5.74, 6) is 0. The minimum Gasteiger partial charge on any atom is -0.359 e. The third-order valence-corrected chi connectivity index (χ3v) is 8.24. The van der Waals surface area contributed by atoms with Gasteiger partial charge in [-0.3, -0.25) is 20.6 Å². The molecule has 46 heavy (non-hydrogen) atoms. The number of carbonyl (C=O) groups excluding carboxylic acids is 4. The lowest BCUT2D eigenvalue weighted by Gasteiger charge is -2.27. The van der Waals surface area contributed by atoms with Crippen LogP contribution in [0.15, 0.2) is 73.1 Å². The van der Waals surface area contributed by atoms with Gasteiger partial charge in [-0.2, -0.15) is 0 Å². The van der Waals surface area contributed by atoms with Crippen molar-refractivity contribution in [2.75, 3.05) is 23.7 Å². The smallest absolute Gasteiger partial charge is 0.359 e. The maximum Gasteiger partial charge on any atom is 0.420 e. The van der Waals surface area contributed by atoms with E-state index in [1.54, 1.807) is 36.7 Å². The zero-order valence-electron chi connectivity index (χ0n) is 25.4. The molecule has 0 saturated heterocycles. The Kier molecular flexibility index (Phi) is 8.59. The summed E-state index contributed by atoms with van der Waals surface area (Å²) in [6.45, 7) is 5.11. The molecule has 0 spiro atoms. The molecule has 4 aromatic rings. The van der Waals surface area contributed by atoms with Crippen molar-refractivity contribution in [3.8, 4) is 11.1 Å². The van der Waals surface area contributed by atoms with E-state index in [0.29, 0.717) is 50.4 Å². The molecule has 0 saturated carbocycles. The molecule has 2 aliphatic heterocycles. The van der Waals surface area contributed by atoms with Gasteiger partial charge in [0.25, 0.3) is 0 Å². The molecule has 6 rings (SSSR count). The van der Waals surface area contributed by atoms with E-state index in [2.05, 4.69) is 20.6 Å². The molecule has 2 aromatic heterocycles. The second kappa shape index (κ2) is 13.1. The van der Waals surface area contributed by atoms with Gasteiger partial charge in [0.15, 0.2) is 0 Å². The maximum absolute atomic E-state index is 12.7. The predicted octanol–water partition coefficient (Wildman–Crippen LogP) is 6.21. The van der Waals surface area contributed by atoms with E-state index in [9.17, 15) is 19.2 Å². The monoisotopic (exact) mass is 620 g/mol. The minimum absolute atomic E-state index is 0.319. The van der Waals surface area contributed by atoms with Crippen molar-refractivity contribution >= 4 is 35.7 Å². The summed E-state index contributed by atoms with van der Waals surface area (Å²) >= 11 is 0. The fraction of sp³-hybridized carbons (Fsp3) is 0.235. The number of nitrogens with one attached hydrogen (secondary N) is 2. The summed E-state index contributed by atoms with van der Waals surface area (Å²) in [4.78, 5) is 62.5.